The molecule has 15 heavy (non-hydrogen) atoms. The Kier molecular flexibility index (Phi) is 2.41. The zero-order chi connectivity index (χ0) is 11.0. The molecule has 0 bridgehead atoms. The molecule has 2 rings (SSSR count). The van der Waals surface area contributed by atoms with Crippen LogP contribution >= 0.6 is 12.2 Å². The van der Waals surface area contributed by atoms with Crippen LogP contribution in [-0.2, 0) is 4.79 Å². The number of nitrogens with zero attached hydrogens (tertiary/aromatic N) is 2. The van der Waals surface area contributed by atoms with Gasteiger partial charge in [0.15, 0.2) is 4.77 Å². The predicted octanol–water partition coefficient (Wildman–Crippen LogP) is -0.215. The van der Waals surface area contributed by atoms with Crippen LogP contribution in [0.2, 0.25) is 0 Å². The van der Waals surface area contributed by atoms with Crippen molar-refractivity contribution >= 4 is 29.8 Å². The van der Waals surface area contributed by atoms with Gasteiger partial charge in [0, 0.05) is 25.1 Å². The molecule has 0 aliphatic carbocycles. The van der Waals surface area contributed by atoms with E-state index in [2.05, 4.69) is 9.97 Å². The molecule has 0 spiro atoms. The van der Waals surface area contributed by atoms with Crippen molar-refractivity contribution in [3.05, 3.63) is 10.8 Å². The van der Waals surface area contributed by atoms with Gasteiger partial charge in [-0.15, -0.1) is 0 Å². The lowest BCUT2D eigenvalue weighted by Gasteiger charge is -2.14. The molecule has 1 fully saturated rings. The average molecular weight is 225 g/mol. The van der Waals surface area contributed by atoms with Crippen molar-refractivity contribution in [2.24, 2.45) is 5.73 Å². The Balaban J connectivity index is 2.37. The van der Waals surface area contributed by atoms with Crippen molar-refractivity contribution in [2.45, 2.75) is 12.5 Å². The number of anilines is 2. The molecule has 1 aromatic rings. The zero-order valence-electron chi connectivity index (χ0n) is 7.93. The van der Waals surface area contributed by atoms with E-state index in [1.165, 1.54) is 4.90 Å². The van der Waals surface area contributed by atoms with Gasteiger partial charge >= 0.3 is 0 Å². The Labute approximate surface area is 91.3 Å². The molecular formula is C8H11N5OS. The highest BCUT2D eigenvalue weighted by Gasteiger charge is 2.29. The van der Waals surface area contributed by atoms with Crippen LogP contribution in [0.25, 0.3) is 0 Å². The fraction of sp³-hybridized carbons (Fsp3) is 0.375. The second kappa shape index (κ2) is 3.59. The van der Waals surface area contributed by atoms with E-state index < -0.39 is 0 Å². The summed E-state index contributed by atoms with van der Waals surface area (Å²) in [4.78, 5) is 19.7. The normalized spacial score (nSPS) is 21.0. The fourth-order valence-corrected chi connectivity index (χ4v) is 1.77. The van der Waals surface area contributed by atoms with E-state index in [0.29, 0.717) is 24.6 Å². The number of nitrogens with two attached hydrogens (primary N) is 2. The molecule has 1 unspecified atom stereocenters. The number of carbonyl (C=O) groups excluding carboxylic acids is 1. The van der Waals surface area contributed by atoms with Crippen molar-refractivity contribution in [1.82, 2.24) is 9.97 Å². The van der Waals surface area contributed by atoms with E-state index in [4.69, 9.17) is 23.7 Å². The standard InChI is InChI=1S/C8H11N5OS/c9-4-1-7(14)13(3-4)6-2-5(10)11-8(15)12-6/h2,4H,1,3,9H2,(H3,10,11,12,15). The number of rotatable bonds is 1. The van der Waals surface area contributed by atoms with Crippen molar-refractivity contribution in [2.75, 3.05) is 17.2 Å². The number of aromatic nitrogens is 2. The first-order valence-corrected chi connectivity index (χ1v) is 4.90. The van der Waals surface area contributed by atoms with E-state index in [0.717, 1.165) is 0 Å². The number of hydrogen-bond donors (Lipinski definition) is 3. The maximum Gasteiger partial charge on any atom is 0.229 e. The van der Waals surface area contributed by atoms with E-state index in [1.54, 1.807) is 6.07 Å². The minimum absolute atomic E-state index is 0.0463. The summed E-state index contributed by atoms with van der Waals surface area (Å²) in [6.45, 7) is 0.462. The largest absolute Gasteiger partial charge is 0.385 e. The molecule has 0 saturated carbocycles. The van der Waals surface area contributed by atoms with Crippen LogP contribution in [0.3, 0.4) is 0 Å². The van der Waals surface area contributed by atoms with Gasteiger partial charge in [-0.1, -0.05) is 0 Å². The molecule has 0 aromatic carbocycles. The summed E-state index contributed by atoms with van der Waals surface area (Å²) in [6, 6.07) is 1.43. The van der Waals surface area contributed by atoms with Gasteiger partial charge < -0.3 is 16.5 Å². The maximum atomic E-state index is 11.5. The Bertz CT molecular complexity index is 457. The molecule has 1 aromatic heterocycles. The number of carbonyl (C=O) groups is 1. The summed E-state index contributed by atoms with van der Waals surface area (Å²) >= 11 is 4.87. The summed E-state index contributed by atoms with van der Waals surface area (Å²) < 4.78 is 0.262. The van der Waals surface area contributed by atoms with Crippen LogP contribution in [0.5, 0.6) is 0 Å². The lowest BCUT2D eigenvalue weighted by molar-refractivity contribution is -0.117. The van der Waals surface area contributed by atoms with Crippen LogP contribution < -0.4 is 16.4 Å². The van der Waals surface area contributed by atoms with Crippen LogP contribution in [0, 0.1) is 4.77 Å². The second-order valence-corrected chi connectivity index (χ2v) is 3.86. The predicted molar refractivity (Wildman–Crippen MR) is 58.8 cm³/mol. The van der Waals surface area contributed by atoms with E-state index in [1.807, 2.05) is 0 Å². The Morgan fingerprint density at radius 2 is 2.40 bits per heavy atom. The molecule has 6 nitrogen and oxygen atoms in total. The van der Waals surface area contributed by atoms with Crippen molar-refractivity contribution in [1.29, 1.82) is 0 Å². The average Bonchev–Trinajstić information content (AvgIpc) is 2.43. The molecule has 1 aliphatic rings. The van der Waals surface area contributed by atoms with E-state index in [-0.39, 0.29) is 16.7 Å². The SMILES string of the molecule is Nc1cc(N2CC(N)CC2=O)nc(=S)[nH]1. The lowest BCUT2D eigenvalue weighted by atomic mass is 10.3. The van der Waals surface area contributed by atoms with Crippen molar-refractivity contribution < 1.29 is 4.79 Å². The van der Waals surface area contributed by atoms with Crippen LogP contribution in [0.15, 0.2) is 6.07 Å². The number of amides is 1. The lowest BCUT2D eigenvalue weighted by Crippen LogP contribution is -2.28. The van der Waals surface area contributed by atoms with Gasteiger partial charge in [0.2, 0.25) is 5.91 Å². The van der Waals surface area contributed by atoms with E-state index >= 15 is 0 Å². The summed E-state index contributed by atoms with van der Waals surface area (Å²) in [7, 11) is 0. The first kappa shape index (κ1) is 10.1. The second-order valence-electron chi connectivity index (χ2n) is 3.47. The van der Waals surface area contributed by atoms with Gasteiger partial charge in [0.1, 0.15) is 11.6 Å². The molecule has 80 valence electrons. The number of nitrogens with one attached hydrogen (secondary N) is 1. The third-order valence-electron chi connectivity index (χ3n) is 2.18. The summed E-state index contributed by atoms with van der Waals surface area (Å²) in [5.41, 5.74) is 11.2. The minimum atomic E-state index is -0.140. The molecule has 1 aliphatic heterocycles. The van der Waals surface area contributed by atoms with Gasteiger partial charge in [-0.2, -0.15) is 0 Å². The van der Waals surface area contributed by atoms with Gasteiger partial charge in [-0.25, -0.2) is 4.98 Å². The monoisotopic (exact) mass is 225 g/mol. The van der Waals surface area contributed by atoms with Gasteiger partial charge in [-0.05, 0) is 12.2 Å². The quantitative estimate of drug-likeness (QED) is 0.574. The first-order chi connectivity index (χ1) is 7.06. The topological polar surface area (TPSA) is 101 Å². The molecule has 2 heterocycles. The highest BCUT2D eigenvalue weighted by atomic mass is 32.1. The number of hydrogen-bond acceptors (Lipinski definition) is 5. The zero-order valence-corrected chi connectivity index (χ0v) is 8.75. The smallest absolute Gasteiger partial charge is 0.229 e. The first-order valence-electron chi connectivity index (χ1n) is 4.49. The number of nitrogen functional groups attached to an aromatic ring is 1. The van der Waals surface area contributed by atoms with Crippen LogP contribution in [0.1, 0.15) is 6.42 Å². The van der Waals surface area contributed by atoms with E-state index in [9.17, 15) is 4.79 Å². The molecule has 1 atom stereocenters. The molecular weight excluding hydrogens is 214 g/mol. The number of H-pyrrole nitrogens is 1. The molecule has 7 heteroatoms. The Hall–Kier alpha value is -1.47. The fourth-order valence-electron chi connectivity index (χ4n) is 1.56. The highest BCUT2D eigenvalue weighted by molar-refractivity contribution is 7.71. The third kappa shape index (κ3) is 1.97. The molecule has 1 saturated heterocycles. The third-order valence-corrected chi connectivity index (χ3v) is 2.38. The molecule has 5 N–H and O–H groups in total. The van der Waals surface area contributed by atoms with Gasteiger partial charge in [-0.3, -0.25) is 9.69 Å². The maximum absolute atomic E-state index is 11.5. The Morgan fingerprint density at radius 1 is 1.67 bits per heavy atom. The molecule has 1 amide bonds. The van der Waals surface area contributed by atoms with Gasteiger partial charge in [0.25, 0.3) is 0 Å². The van der Waals surface area contributed by atoms with Crippen LogP contribution in [-0.4, -0.2) is 28.5 Å². The minimum Gasteiger partial charge on any atom is -0.385 e. The summed E-state index contributed by atoms with van der Waals surface area (Å²) in [5.74, 6) is 0.808. The molecule has 0 radical (unpaired) electrons. The summed E-state index contributed by atoms with van der Waals surface area (Å²) in [6.07, 6.45) is 0.340. The van der Waals surface area contributed by atoms with Gasteiger partial charge in [0.05, 0.1) is 0 Å². The summed E-state index contributed by atoms with van der Waals surface area (Å²) in [5, 5.41) is 0. The highest BCUT2D eigenvalue weighted by Crippen LogP contribution is 2.19. The van der Waals surface area contributed by atoms with Crippen LogP contribution in [0.4, 0.5) is 11.6 Å². The number of aromatic amines is 1. The Morgan fingerprint density at radius 3 is 2.93 bits per heavy atom. The van der Waals surface area contributed by atoms with Crippen molar-refractivity contribution in [3.8, 4) is 0 Å². The van der Waals surface area contributed by atoms with Crippen molar-refractivity contribution in [3.63, 3.8) is 0 Å².